The number of hydrogen-bond donors (Lipinski definition) is 1. The molecule has 0 aliphatic heterocycles. The van der Waals surface area contributed by atoms with E-state index in [0.717, 1.165) is 30.9 Å². The van der Waals surface area contributed by atoms with Crippen LogP contribution < -0.4 is 0 Å². The molecule has 0 radical (unpaired) electrons. The van der Waals surface area contributed by atoms with Gasteiger partial charge in [-0.2, -0.15) is 0 Å². The van der Waals surface area contributed by atoms with Crippen molar-refractivity contribution >= 4 is 0 Å². The molecular formula is C15H24O2. The van der Waals surface area contributed by atoms with Gasteiger partial charge in [0.25, 0.3) is 0 Å². The van der Waals surface area contributed by atoms with Gasteiger partial charge < -0.3 is 9.52 Å². The third-order valence-corrected chi connectivity index (χ3v) is 3.81. The van der Waals surface area contributed by atoms with Crippen molar-refractivity contribution in [2.75, 3.05) is 0 Å². The zero-order chi connectivity index (χ0) is 12.3. The Hall–Kier alpha value is -0.760. The molecule has 0 amide bonds. The van der Waals surface area contributed by atoms with Gasteiger partial charge in [0.15, 0.2) is 0 Å². The minimum atomic E-state index is -0.532. The van der Waals surface area contributed by atoms with Crippen molar-refractivity contribution in [3.8, 4) is 0 Å². The monoisotopic (exact) mass is 236 g/mol. The van der Waals surface area contributed by atoms with Gasteiger partial charge in [-0.3, -0.25) is 0 Å². The van der Waals surface area contributed by atoms with E-state index in [4.69, 9.17) is 4.42 Å². The van der Waals surface area contributed by atoms with E-state index in [-0.39, 0.29) is 0 Å². The molecule has 2 rings (SSSR count). The molecule has 0 spiro atoms. The molecule has 2 heteroatoms. The molecule has 1 aliphatic carbocycles. The Balaban J connectivity index is 1.94. The summed E-state index contributed by atoms with van der Waals surface area (Å²) in [4.78, 5) is 0. The van der Waals surface area contributed by atoms with Crippen molar-refractivity contribution < 1.29 is 9.52 Å². The third-order valence-electron chi connectivity index (χ3n) is 3.81. The van der Waals surface area contributed by atoms with Gasteiger partial charge in [-0.25, -0.2) is 0 Å². The molecule has 2 unspecified atom stereocenters. The molecule has 0 bridgehead atoms. The lowest BCUT2D eigenvalue weighted by atomic mass is 9.73. The predicted molar refractivity (Wildman–Crippen MR) is 68.8 cm³/mol. The Morgan fingerprint density at radius 2 is 2.35 bits per heavy atom. The summed E-state index contributed by atoms with van der Waals surface area (Å²) in [5.74, 6) is 2.33. The van der Waals surface area contributed by atoms with Crippen molar-refractivity contribution in [3.05, 3.63) is 24.2 Å². The van der Waals surface area contributed by atoms with Gasteiger partial charge in [-0.15, -0.1) is 0 Å². The summed E-state index contributed by atoms with van der Waals surface area (Å²) >= 11 is 0. The molecule has 1 aliphatic rings. The fourth-order valence-electron chi connectivity index (χ4n) is 3.23. The first kappa shape index (κ1) is 12.7. The summed E-state index contributed by atoms with van der Waals surface area (Å²) in [6, 6.07) is 3.86. The smallest absolute Gasteiger partial charge is 0.106 e. The van der Waals surface area contributed by atoms with Crippen LogP contribution in [0.25, 0.3) is 0 Å². The summed E-state index contributed by atoms with van der Waals surface area (Å²) in [5, 5.41) is 10.7. The van der Waals surface area contributed by atoms with Crippen LogP contribution in [-0.2, 0) is 6.42 Å². The maximum atomic E-state index is 10.7. The zero-order valence-corrected chi connectivity index (χ0v) is 11.0. The highest BCUT2D eigenvalue weighted by Crippen LogP contribution is 2.37. The van der Waals surface area contributed by atoms with Crippen molar-refractivity contribution in [3.63, 3.8) is 0 Å². The summed E-state index contributed by atoms with van der Waals surface area (Å²) in [6.45, 7) is 4.53. The normalized spacial score (nSPS) is 29.8. The second-order valence-electron chi connectivity index (χ2n) is 6.07. The maximum Gasteiger partial charge on any atom is 0.106 e. The first-order valence-electron chi connectivity index (χ1n) is 6.82. The van der Waals surface area contributed by atoms with Crippen LogP contribution in [-0.4, -0.2) is 10.7 Å². The molecular weight excluding hydrogens is 212 g/mol. The molecule has 1 fully saturated rings. The van der Waals surface area contributed by atoms with E-state index in [0.29, 0.717) is 12.3 Å². The van der Waals surface area contributed by atoms with E-state index in [9.17, 15) is 5.11 Å². The van der Waals surface area contributed by atoms with Crippen molar-refractivity contribution in [1.29, 1.82) is 0 Å². The summed E-state index contributed by atoms with van der Waals surface area (Å²) in [5.41, 5.74) is -0.532. The Morgan fingerprint density at radius 1 is 1.53 bits per heavy atom. The van der Waals surface area contributed by atoms with Crippen LogP contribution in [0.5, 0.6) is 0 Å². The molecule has 0 aromatic carbocycles. The lowest BCUT2D eigenvalue weighted by Crippen LogP contribution is -2.37. The quantitative estimate of drug-likeness (QED) is 0.862. The number of furan rings is 1. The third kappa shape index (κ3) is 3.60. The molecule has 2 atom stereocenters. The van der Waals surface area contributed by atoms with Gasteiger partial charge in [0, 0.05) is 6.42 Å². The first-order valence-corrected chi connectivity index (χ1v) is 6.82. The van der Waals surface area contributed by atoms with Gasteiger partial charge in [-0.1, -0.05) is 26.7 Å². The standard InChI is InChI=1S/C15H24O2/c1-12(2)9-13-5-3-7-15(16,10-13)11-14-6-4-8-17-14/h4,6,8,12-13,16H,3,5,7,9-11H2,1-2H3. The van der Waals surface area contributed by atoms with Crippen LogP contribution in [0.15, 0.2) is 22.8 Å². The Labute approximate surface area is 104 Å². The summed E-state index contributed by atoms with van der Waals surface area (Å²) in [6.07, 6.45) is 7.88. The van der Waals surface area contributed by atoms with Crippen LogP contribution in [0, 0.1) is 11.8 Å². The molecule has 96 valence electrons. The molecule has 17 heavy (non-hydrogen) atoms. The van der Waals surface area contributed by atoms with E-state index in [1.54, 1.807) is 6.26 Å². The second-order valence-corrected chi connectivity index (χ2v) is 6.07. The SMILES string of the molecule is CC(C)CC1CCCC(O)(Cc2ccco2)C1. The predicted octanol–water partition coefficient (Wildman–Crippen LogP) is 3.79. The van der Waals surface area contributed by atoms with E-state index in [2.05, 4.69) is 13.8 Å². The molecule has 0 saturated heterocycles. The van der Waals surface area contributed by atoms with E-state index < -0.39 is 5.60 Å². The highest BCUT2D eigenvalue weighted by molar-refractivity contribution is 5.04. The van der Waals surface area contributed by atoms with E-state index in [1.165, 1.54) is 12.8 Å². The maximum absolute atomic E-state index is 10.7. The largest absolute Gasteiger partial charge is 0.469 e. The van der Waals surface area contributed by atoms with Crippen LogP contribution in [0.4, 0.5) is 0 Å². The van der Waals surface area contributed by atoms with Crippen molar-refractivity contribution in [1.82, 2.24) is 0 Å². The van der Waals surface area contributed by atoms with Gasteiger partial charge >= 0.3 is 0 Å². The van der Waals surface area contributed by atoms with Gasteiger partial charge in [0.05, 0.1) is 11.9 Å². The second kappa shape index (κ2) is 5.26. The molecule has 2 nitrogen and oxygen atoms in total. The summed E-state index contributed by atoms with van der Waals surface area (Å²) in [7, 11) is 0. The minimum Gasteiger partial charge on any atom is -0.469 e. The average Bonchev–Trinajstić information content (AvgIpc) is 2.68. The summed E-state index contributed by atoms with van der Waals surface area (Å²) < 4.78 is 5.36. The van der Waals surface area contributed by atoms with Crippen LogP contribution in [0.2, 0.25) is 0 Å². The molecule has 1 N–H and O–H groups in total. The van der Waals surface area contributed by atoms with Crippen LogP contribution in [0.1, 0.15) is 51.7 Å². The fourth-order valence-corrected chi connectivity index (χ4v) is 3.23. The van der Waals surface area contributed by atoms with Crippen molar-refractivity contribution in [2.24, 2.45) is 11.8 Å². The minimum absolute atomic E-state index is 0.532. The number of aliphatic hydroxyl groups is 1. The van der Waals surface area contributed by atoms with Gasteiger partial charge in [0.2, 0.25) is 0 Å². The number of hydrogen-bond acceptors (Lipinski definition) is 2. The van der Waals surface area contributed by atoms with Crippen LogP contribution >= 0.6 is 0 Å². The molecule has 1 aromatic heterocycles. The average molecular weight is 236 g/mol. The van der Waals surface area contributed by atoms with Crippen LogP contribution in [0.3, 0.4) is 0 Å². The molecule has 1 heterocycles. The van der Waals surface area contributed by atoms with E-state index in [1.807, 2.05) is 12.1 Å². The zero-order valence-electron chi connectivity index (χ0n) is 11.0. The van der Waals surface area contributed by atoms with E-state index >= 15 is 0 Å². The highest BCUT2D eigenvalue weighted by Gasteiger charge is 2.35. The Morgan fingerprint density at radius 3 is 3.00 bits per heavy atom. The molecule has 1 saturated carbocycles. The Kier molecular flexibility index (Phi) is 3.93. The van der Waals surface area contributed by atoms with Gasteiger partial charge in [-0.05, 0) is 43.2 Å². The molecule has 1 aromatic rings. The number of rotatable bonds is 4. The Bertz CT molecular complexity index is 329. The fraction of sp³-hybridized carbons (Fsp3) is 0.733. The topological polar surface area (TPSA) is 33.4 Å². The lowest BCUT2D eigenvalue weighted by molar-refractivity contribution is -0.0224. The van der Waals surface area contributed by atoms with Crippen molar-refractivity contribution in [2.45, 2.75) is 58.0 Å². The first-order chi connectivity index (χ1) is 8.07. The van der Waals surface area contributed by atoms with Gasteiger partial charge in [0.1, 0.15) is 5.76 Å². The lowest BCUT2D eigenvalue weighted by Gasteiger charge is -2.37. The highest BCUT2D eigenvalue weighted by atomic mass is 16.3.